The molecule has 1 amide bonds. The Morgan fingerprint density at radius 2 is 2.10 bits per heavy atom. The average molecular weight is 498 g/mol. The molecule has 0 spiro atoms. The molecule has 150 valence electrons. The zero-order valence-corrected chi connectivity index (χ0v) is 18.3. The van der Waals surface area contributed by atoms with Crippen LogP contribution in [0.2, 0.25) is 10.0 Å². The largest absolute Gasteiger partial charge is 0.493 e. The Morgan fingerprint density at radius 1 is 1.28 bits per heavy atom. The molecule has 10 heteroatoms. The van der Waals surface area contributed by atoms with E-state index in [-0.39, 0.29) is 25.0 Å². The minimum atomic E-state index is -0.315. The Balaban J connectivity index is 1.64. The van der Waals surface area contributed by atoms with Crippen molar-refractivity contribution in [3.05, 3.63) is 62.3 Å². The van der Waals surface area contributed by atoms with E-state index in [4.69, 9.17) is 32.7 Å². The first kappa shape index (κ1) is 20.0. The van der Waals surface area contributed by atoms with E-state index in [9.17, 15) is 4.79 Å². The number of rotatable bonds is 5. The number of ether oxygens (including phenoxy) is 2. The van der Waals surface area contributed by atoms with Gasteiger partial charge in [-0.15, -0.1) is 0 Å². The SMILES string of the molecule is COc1cc([C@@H]2CC(=O)Nc3ncnn32)c(Br)cc1OCc1ccc(Cl)cc1Cl. The standard InChI is InChI=1S/C19H15BrCl2N4O3/c1-28-16-5-12(15-7-18(27)25-19-23-9-24-26(15)19)13(20)6-17(16)29-8-10-2-3-11(21)4-14(10)22/h2-6,9,15H,7-8H2,1H3,(H,23,24,25,27)/t15-/m0/s1. The predicted molar refractivity (Wildman–Crippen MR) is 113 cm³/mol. The normalized spacial score (nSPS) is 15.6. The molecule has 0 saturated carbocycles. The molecule has 1 atom stereocenters. The van der Waals surface area contributed by atoms with Crippen molar-refractivity contribution in [2.75, 3.05) is 12.4 Å². The van der Waals surface area contributed by atoms with Crippen molar-refractivity contribution < 1.29 is 14.3 Å². The molecule has 0 radical (unpaired) electrons. The number of anilines is 1. The fourth-order valence-corrected chi connectivity index (χ4v) is 4.17. The zero-order valence-electron chi connectivity index (χ0n) is 15.2. The van der Waals surface area contributed by atoms with Crippen molar-refractivity contribution in [2.45, 2.75) is 19.1 Å². The first-order chi connectivity index (χ1) is 14.0. The molecule has 1 aliphatic heterocycles. The van der Waals surface area contributed by atoms with E-state index in [0.717, 1.165) is 15.6 Å². The van der Waals surface area contributed by atoms with Crippen LogP contribution in [0.25, 0.3) is 0 Å². The van der Waals surface area contributed by atoms with Gasteiger partial charge in [-0.25, -0.2) is 4.68 Å². The Bertz CT molecular complexity index is 1090. The summed E-state index contributed by atoms with van der Waals surface area (Å²) in [6.45, 7) is 0.247. The molecule has 0 aliphatic carbocycles. The number of nitrogens with one attached hydrogen (secondary N) is 1. The summed E-state index contributed by atoms with van der Waals surface area (Å²) in [7, 11) is 1.56. The first-order valence-corrected chi connectivity index (χ1v) is 10.1. The molecule has 0 bridgehead atoms. The van der Waals surface area contributed by atoms with Crippen molar-refractivity contribution in [3.63, 3.8) is 0 Å². The maximum absolute atomic E-state index is 12.1. The number of benzene rings is 2. The highest BCUT2D eigenvalue weighted by Gasteiger charge is 2.30. The van der Waals surface area contributed by atoms with E-state index < -0.39 is 0 Å². The lowest BCUT2D eigenvalue weighted by Gasteiger charge is -2.25. The van der Waals surface area contributed by atoms with Crippen molar-refractivity contribution in [1.82, 2.24) is 14.8 Å². The van der Waals surface area contributed by atoms with Crippen molar-refractivity contribution in [2.24, 2.45) is 0 Å². The van der Waals surface area contributed by atoms with Crippen LogP contribution in [0.1, 0.15) is 23.6 Å². The maximum atomic E-state index is 12.1. The first-order valence-electron chi connectivity index (χ1n) is 8.59. The van der Waals surface area contributed by atoms with Gasteiger partial charge in [0.25, 0.3) is 0 Å². The Morgan fingerprint density at radius 3 is 2.86 bits per heavy atom. The molecule has 2 heterocycles. The maximum Gasteiger partial charge on any atom is 0.229 e. The average Bonchev–Trinajstić information content (AvgIpc) is 3.15. The van der Waals surface area contributed by atoms with Gasteiger partial charge in [-0.2, -0.15) is 10.1 Å². The summed E-state index contributed by atoms with van der Waals surface area (Å²) < 4.78 is 13.9. The van der Waals surface area contributed by atoms with Crippen LogP contribution < -0.4 is 14.8 Å². The van der Waals surface area contributed by atoms with Crippen LogP contribution in [0.4, 0.5) is 5.95 Å². The van der Waals surface area contributed by atoms with Gasteiger partial charge in [0.05, 0.1) is 19.6 Å². The Kier molecular flexibility index (Phi) is 5.67. The number of fused-ring (bicyclic) bond motifs is 1. The molecule has 3 aromatic rings. The molecule has 7 nitrogen and oxygen atoms in total. The number of carbonyl (C=O) groups excluding carboxylic acids is 1. The number of hydrogen-bond donors (Lipinski definition) is 1. The summed E-state index contributed by atoms with van der Waals surface area (Å²) >= 11 is 15.7. The van der Waals surface area contributed by atoms with Gasteiger partial charge >= 0.3 is 0 Å². The number of amides is 1. The number of carbonyl (C=O) groups is 1. The molecule has 0 fully saturated rings. The predicted octanol–water partition coefficient (Wildman–Crippen LogP) is 4.87. The molecule has 1 aliphatic rings. The van der Waals surface area contributed by atoms with Gasteiger partial charge < -0.3 is 9.47 Å². The summed E-state index contributed by atoms with van der Waals surface area (Å²) in [6.07, 6.45) is 1.64. The van der Waals surface area contributed by atoms with Gasteiger partial charge in [-0.3, -0.25) is 10.1 Å². The van der Waals surface area contributed by atoms with Gasteiger partial charge in [0.2, 0.25) is 11.9 Å². The molecule has 1 aromatic heterocycles. The summed E-state index contributed by atoms with van der Waals surface area (Å²) in [6, 6.07) is 8.56. The highest BCUT2D eigenvalue weighted by atomic mass is 79.9. The number of methoxy groups -OCH3 is 1. The highest BCUT2D eigenvalue weighted by Crippen LogP contribution is 2.40. The van der Waals surface area contributed by atoms with Crippen LogP contribution >= 0.6 is 39.1 Å². The van der Waals surface area contributed by atoms with Gasteiger partial charge in [0.15, 0.2) is 11.5 Å². The van der Waals surface area contributed by atoms with Gasteiger partial charge in [0, 0.05) is 20.1 Å². The smallest absolute Gasteiger partial charge is 0.229 e. The number of halogens is 3. The monoisotopic (exact) mass is 496 g/mol. The second-order valence-electron chi connectivity index (χ2n) is 6.35. The van der Waals surface area contributed by atoms with E-state index in [1.165, 1.54) is 6.33 Å². The Hall–Kier alpha value is -2.29. The van der Waals surface area contributed by atoms with E-state index in [1.807, 2.05) is 12.1 Å². The second kappa shape index (κ2) is 8.22. The molecule has 0 unspecified atom stereocenters. The second-order valence-corrected chi connectivity index (χ2v) is 8.04. The fourth-order valence-electron chi connectivity index (χ4n) is 3.12. The van der Waals surface area contributed by atoms with E-state index in [0.29, 0.717) is 27.5 Å². The number of hydrogen-bond acceptors (Lipinski definition) is 5. The van der Waals surface area contributed by atoms with Crippen molar-refractivity contribution >= 4 is 51.0 Å². The third-order valence-corrected chi connectivity index (χ3v) is 5.81. The summed E-state index contributed by atoms with van der Waals surface area (Å²) in [5.41, 5.74) is 1.63. The van der Waals surface area contributed by atoms with E-state index >= 15 is 0 Å². The van der Waals surface area contributed by atoms with Crippen LogP contribution in [0.3, 0.4) is 0 Å². The molecule has 0 saturated heterocycles. The van der Waals surface area contributed by atoms with E-state index in [2.05, 4.69) is 31.3 Å². The number of nitrogens with zero attached hydrogens (tertiary/aromatic N) is 3. The fraction of sp³-hybridized carbons (Fsp3) is 0.211. The van der Waals surface area contributed by atoms with E-state index in [1.54, 1.807) is 30.0 Å². The lowest BCUT2D eigenvalue weighted by atomic mass is 10.0. The third kappa shape index (κ3) is 4.05. The van der Waals surface area contributed by atoms with Gasteiger partial charge in [-0.05, 0) is 29.8 Å². The molecule has 4 rings (SSSR count). The molecular weight excluding hydrogens is 483 g/mol. The molecule has 1 N–H and O–H groups in total. The van der Waals surface area contributed by atoms with Crippen LogP contribution in [-0.4, -0.2) is 27.8 Å². The minimum absolute atomic E-state index is 0.126. The summed E-state index contributed by atoms with van der Waals surface area (Å²) in [5.74, 6) is 1.35. The lowest BCUT2D eigenvalue weighted by Crippen LogP contribution is -2.29. The number of aromatic nitrogens is 3. The zero-order chi connectivity index (χ0) is 20.5. The topological polar surface area (TPSA) is 78.3 Å². The van der Waals surface area contributed by atoms with Crippen molar-refractivity contribution in [3.8, 4) is 11.5 Å². The minimum Gasteiger partial charge on any atom is -0.493 e. The summed E-state index contributed by atoms with van der Waals surface area (Å²) in [5, 5.41) is 8.03. The van der Waals surface area contributed by atoms with Crippen LogP contribution in [0, 0.1) is 0 Å². The summed E-state index contributed by atoms with van der Waals surface area (Å²) in [4.78, 5) is 16.1. The van der Waals surface area contributed by atoms with Crippen molar-refractivity contribution in [1.29, 1.82) is 0 Å². The van der Waals surface area contributed by atoms with Gasteiger partial charge in [-0.1, -0.05) is 45.2 Å². The quantitative estimate of drug-likeness (QED) is 0.544. The van der Waals surface area contributed by atoms with Crippen LogP contribution in [0.15, 0.2) is 41.1 Å². The van der Waals surface area contributed by atoms with Gasteiger partial charge in [0.1, 0.15) is 12.9 Å². The lowest BCUT2D eigenvalue weighted by molar-refractivity contribution is -0.117. The third-order valence-electron chi connectivity index (χ3n) is 4.54. The molecule has 29 heavy (non-hydrogen) atoms. The molecule has 2 aromatic carbocycles. The molecular formula is C19H15BrCl2N4O3. The highest BCUT2D eigenvalue weighted by molar-refractivity contribution is 9.10. The van der Waals surface area contributed by atoms with Crippen LogP contribution in [-0.2, 0) is 11.4 Å². The Labute approximate surface area is 185 Å². The van der Waals surface area contributed by atoms with Crippen LogP contribution in [0.5, 0.6) is 11.5 Å².